The predicted octanol–water partition coefficient (Wildman–Crippen LogP) is 3.90. The van der Waals surface area contributed by atoms with Crippen LogP contribution in [-0.4, -0.2) is 14.2 Å². The highest BCUT2D eigenvalue weighted by atomic mass is 16.5. The molecule has 112 valence electrons. The van der Waals surface area contributed by atoms with Crippen LogP contribution in [0.2, 0.25) is 0 Å². The summed E-state index contributed by atoms with van der Waals surface area (Å²) in [6.07, 6.45) is 0.973. The summed E-state index contributed by atoms with van der Waals surface area (Å²) in [5, 5.41) is 0. The van der Waals surface area contributed by atoms with Crippen molar-refractivity contribution in [3.63, 3.8) is 0 Å². The molecule has 3 nitrogen and oxygen atoms in total. The van der Waals surface area contributed by atoms with Gasteiger partial charge in [0.2, 0.25) is 0 Å². The zero-order valence-corrected chi connectivity index (χ0v) is 12.9. The van der Waals surface area contributed by atoms with E-state index >= 15 is 0 Å². The van der Waals surface area contributed by atoms with Gasteiger partial charge in [-0.1, -0.05) is 43.3 Å². The van der Waals surface area contributed by atoms with E-state index in [1.165, 1.54) is 5.56 Å². The molecule has 0 saturated heterocycles. The van der Waals surface area contributed by atoms with E-state index in [2.05, 4.69) is 31.2 Å². The summed E-state index contributed by atoms with van der Waals surface area (Å²) in [6, 6.07) is 16.1. The molecule has 0 amide bonds. The fraction of sp³-hybridized carbons (Fsp3) is 0.333. The number of methoxy groups -OCH3 is 2. The van der Waals surface area contributed by atoms with Crippen molar-refractivity contribution in [2.75, 3.05) is 14.2 Å². The third-order valence-electron chi connectivity index (χ3n) is 3.90. The van der Waals surface area contributed by atoms with Crippen molar-refractivity contribution in [1.82, 2.24) is 0 Å². The van der Waals surface area contributed by atoms with Crippen LogP contribution < -0.4 is 15.2 Å². The molecule has 0 fully saturated rings. The smallest absolute Gasteiger partial charge is 0.127 e. The molecule has 2 unspecified atom stereocenters. The summed E-state index contributed by atoms with van der Waals surface area (Å²) >= 11 is 0. The number of nitrogens with two attached hydrogens (primary N) is 1. The third kappa shape index (κ3) is 3.37. The summed E-state index contributed by atoms with van der Waals surface area (Å²) in [5.41, 5.74) is 8.79. The maximum Gasteiger partial charge on any atom is 0.127 e. The Bertz CT molecular complexity index is 569. The van der Waals surface area contributed by atoms with E-state index in [-0.39, 0.29) is 12.0 Å². The molecule has 2 rings (SSSR count). The van der Waals surface area contributed by atoms with Crippen LogP contribution in [0.15, 0.2) is 48.5 Å². The van der Waals surface area contributed by atoms with Crippen LogP contribution in [0, 0.1) is 0 Å². The Morgan fingerprint density at radius 1 is 1.00 bits per heavy atom. The van der Waals surface area contributed by atoms with Crippen molar-refractivity contribution in [2.24, 2.45) is 5.73 Å². The molecule has 0 aromatic heterocycles. The van der Waals surface area contributed by atoms with E-state index in [4.69, 9.17) is 15.2 Å². The Morgan fingerprint density at radius 2 is 1.71 bits per heavy atom. The molecule has 0 aliphatic rings. The minimum absolute atomic E-state index is 0.113. The van der Waals surface area contributed by atoms with Crippen molar-refractivity contribution >= 4 is 0 Å². The number of rotatable bonds is 6. The van der Waals surface area contributed by atoms with E-state index in [1.807, 2.05) is 24.3 Å². The van der Waals surface area contributed by atoms with Crippen molar-refractivity contribution in [1.29, 1.82) is 0 Å². The zero-order valence-electron chi connectivity index (χ0n) is 12.9. The van der Waals surface area contributed by atoms with Crippen molar-refractivity contribution in [2.45, 2.75) is 25.3 Å². The van der Waals surface area contributed by atoms with Gasteiger partial charge in [-0.3, -0.25) is 0 Å². The monoisotopic (exact) mass is 285 g/mol. The summed E-state index contributed by atoms with van der Waals surface area (Å²) in [4.78, 5) is 0. The molecule has 0 spiro atoms. The van der Waals surface area contributed by atoms with Gasteiger partial charge in [0.05, 0.1) is 14.2 Å². The molecule has 21 heavy (non-hydrogen) atoms. The molecule has 2 atom stereocenters. The number of ether oxygens (including phenoxy) is 2. The minimum atomic E-state index is -0.113. The lowest BCUT2D eigenvalue weighted by molar-refractivity contribution is 0.384. The van der Waals surface area contributed by atoms with E-state index in [1.54, 1.807) is 14.2 Å². The first-order valence-electron chi connectivity index (χ1n) is 7.23. The van der Waals surface area contributed by atoms with Crippen LogP contribution >= 0.6 is 0 Å². The predicted molar refractivity (Wildman–Crippen MR) is 85.9 cm³/mol. The molecular formula is C18H23NO2. The third-order valence-corrected chi connectivity index (χ3v) is 3.90. The zero-order chi connectivity index (χ0) is 15.2. The summed E-state index contributed by atoms with van der Waals surface area (Å²) < 4.78 is 10.7. The first-order valence-corrected chi connectivity index (χ1v) is 7.23. The fourth-order valence-electron chi connectivity index (χ4n) is 2.71. The van der Waals surface area contributed by atoms with Crippen LogP contribution in [0.5, 0.6) is 11.5 Å². The van der Waals surface area contributed by atoms with Crippen molar-refractivity contribution in [3.8, 4) is 11.5 Å². The molecule has 0 aliphatic carbocycles. The molecule has 3 heteroatoms. The van der Waals surface area contributed by atoms with Gasteiger partial charge in [0.25, 0.3) is 0 Å². The SMILES string of the molecule is CCC(c1ccccc1)C(N)c1ccc(OC)cc1OC. The van der Waals surface area contributed by atoms with E-state index < -0.39 is 0 Å². The molecule has 0 radical (unpaired) electrons. The maximum absolute atomic E-state index is 6.53. The average Bonchev–Trinajstić information content (AvgIpc) is 2.55. The van der Waals surface area contributed by atoms with Gasteiger partial charge >= 0.3 is 0 Å². The van der Waals surface area contributed by atoms with Gasteiger partial charge in [-0.2, -0.15) is 0 Å². The Labute approximate surface area is 126 Å². The number of hydrogen-bond acceptors (Lipinski definition) is 3. The molecule has 0 bridgehead atoms. The van der Waals surface area contributed by atoms with E-state index in [0.717, 1.165) is 23.5 Å². The second-order valence-electron chi connectivity index (χ2n) is 5.06. The second kappa shape index (κ2) is 7.14. The van der Waals surface area contributed by atoms with Gasteiger partial charge in [-0.25, -0.2) is 0 Å². The quantitative estimate of drug-likeness (QED) is 0.875. The Hall–Kier alpha value is -2.00. The standard InChI is InChI=1S/C18H23NO2/c1-4-15(13-8-6-5-7-9-13)18(19)16-11-10-14(20-2)12-17(16)21-3/h5-12,15,18H,4,19H2,1-3H3. The van der Waals surface area contributed by atoms with Crippen LogP contribution in [0.1, 0.15) is 36.4 Å². The molecule has 0 saturated carbocycles. The van der Waals surface area contributed by atoms with Gasteiger partial charge in [-0.15, -0.1) is 0 Å². The van der Waals surface area contributed by atoms with Gasteiger partial charge in [0.15, 0.2) is 0 Å². The average molecular weight is 285 g/mol. The lowest BCUT2D eigenvalue weighted by atomic mass is 9.85. The Balaban J connectivity index is 2.35. The van der Waals surface area contributed by atoms with Crippen LogP contribution in [-0.2, 0) is 0 Å². The summed E-state index contributed by atoms with van der Waals surface area (Å²) in [5.74, 6) is 1.81. The first-order chi connectivity index (χ1) is 10.2. The topological polar surface area (TPSA) is 44.5 Å². The molecule has 2 aromatic rings. The first kappa shape index (κ1) is 15.4. The van der Waals surface area contributed by atoms with Crippen molar-refractivity contribution in [3.05, 3.63) is 59.7 Å². The number of benzene rings is 2. The molecule has 2 aromatic carbocycles. The normalized spacial score (nSPS) is 13.5. The Morgan fingerprint density at radius 3 is 2.29 bits per heavy atom. The van der Waals surface area contributed by atoms with Gasteiger partial charge < -0.3 is 15.2 Å². The van der Waals surface area contributed by atoms with Gasteiger partial charge in [-0.05, 0) is 18.1 Å². The second-order valence-corrected chi connectivity index (χ2v) is 5.06. The maximum atomic E-state index is 6.53. The largest absolute Gasteiger partial charge is 0.497 e. The lowest BCUT2D eigenvalue weighted by Crippen LogP contribution is -2.20. The fourth-order valence-corrected chi connectivity index (χ4v) is 2.71. The number of hydrogen-bond donors (Lipinski definition) is 1. The van der Waals surface area contributed by atoms with Gasteiger partial charge in [0.1, 0.15) is 11.5 Å². The molecule has 2 N–H and O–H groups in total. The highest BCUT2D eigenvalue weighted by molar-refractivity contribution is 5.44. The van der Waals surface area contributed by atoms with E-state index in [9.17, 15) is 0 Å². The lowest BCUT2D eigenvalue weighted by Gasteiger charge is -2.25. The van der Waals surface area contributed by atoms with Gasteiger partial charge in [0, 0.05) is 23.6 Å². The summed E-state index contributed by atoms with van der Waals surface area (Å²) in [6.45, 7) is 2.16. The summed E-state index contributed by atoms with van der Waals surface area (Å²) in [7, 11) is 3.31. The molecule has 0 heterocycles. The minimum Gasteiger partial charge on any atom is -0.497 e. The Kier molecular flexibility index (Phi) is 5.23. The van der Waals surface area contributed by atoms with Crippen LogP contribution in [0.3, 0.4) is 0 Å². The van der Waals surface area contributed by atoms with Crippen molar-refractivity contribution < 1.29 is 9.47 Å². The molecular weight excluding hydrogens is 262 g/mol. The highest BCUT2D eigenvalue weighted by Gasteiger charge is 2.22. The van der Waals surface area contributed by atoms with Crippen LogP contribution in [0.25, 0.3) is 0 Å². The van der Waals surface area contributed by atoms with E-state index in [0.29, 0.717) is 0 Å². The van der Waals surface area contributed by atoms with Crippen LogP contribution in [0.4, 0.5) is 0 Å². The highest BCUT2D eigenvalue weighted by Crippen LogP contribution is 2.37. The molecule has 0 aliphatic heterocycles.